The third-order valence-corrected chi connectivity index (χ3v) is 5.56. The molecule has 0 radical (unpaired) electrons. The first-order chi connectivity index (χ1) is 14.1. The number of anilines is 1. The van der Waals surface area contributed by atoms with E-state index in [1.165, 1.54) is 0 Å². The lowest BCUT2D eigenvalue weighted by Crippen LogP contribution is -2.47. The molecule has 1 atom stereocenters. The van der Waals surface area contributed by atoms with Crippen LogP contribution in [0.5, 0.6) is 11.5 Å². The lowest BCUT2D eigenvalue weighted by molar-refractivity contribution is 0.228. The zero-order valence-electron chi connectivity index (χ0n) is 17.7. The molecule has 0 spiro atoms. The van der Waals surface area contributed by atoms with Crippen LogP contribution in [0.3, 0.4) is 0 Å². The van der Waals surface area contributed by atoms with Gasteiger partial charge in [0.15, 0.2) is 11.5 Å². The average Bonchev–Trinajstić information content (AvgIpc) is 2.76. The van der Waals surface area contributed by atoms with Gasteiger partial charge in [-0.25, -0.2) is 14.8 Å². The van der Waals surface area contributed by atoms with Gasteiger partial charge in [0.2, 0.25) is 0 Å². The Kier molecular flexibility index (Phi) is 6.95. The van der Waals surface area contributed by atoms with Crippen molar-refractivity contribution >= 4 is 22.8 Å². The van der Waals surface area contributed by atoms with E-state index >= 15 is 0 Å². The van der Waals surface area contributed by atoms with Gasteiger partial charge in [-0.05, 0) is 38.2 Å². The molecule has 0 aliphatic carbocycles. The van der Waals surface area contributed by atoms with Gasteiger partial charge in [-0.15, -0.1) is 0 Å². The number of nitrogens with zero attached hydrogens (tertiary/aromatic N) is 3. The van der Waals surface area contributed by atoms with E-state index in [0.717, 1.165) is 49.1 Å². The van der Waals surface area contributed by atoms with E-state index in [9.17, 15) is 4.79 Å². The number of carbonyl (C=O) groups is 1. The van der Waals surface area contributed by atoms with Crippen molar-refractivity contribution in [2.24, 2.45) is 5.92 Å². The number of carbonyl (C=O) groups excluding carboxylic acids is 1. The molecule has 3 rings (SSSR count). The second kappa shape index (κ2) is 9.62. The highest BCUT2D eigenvalue weighted by Gasteiger charge is 2.26. The maximum atomic E-state index is 11.9. The molecule has 1 unspecified atom stereocenters. The first kappa shape index (κ1) is 21.0. The van der Waals surface area contributed by atoms with Gasteiger partial charge in [-0.1, -0.05) is 6.92 Å². The summed E-state index contributed by atoms with van der Waals surface area (Å²) in [5.41, 5.74) is 0.831. The van der Waals surface area contributed by atoms with Gasteiger partial charge in [0.1, 0.15) is 12.1 Å². The number of piperidine rings is 1. The van der Waals surface area contributed by atoms with Gasteiger partial charge in [0, 0.05) is 37.1 Å². The summed E-state index contributed by atoms with van der Waals surface area (Å²) in [6.07, 6.45) is 4.52. The Bertz CT molecular complexity index is 836. The zero-order valence-corrected chi connectivity index (χ0v) is 17.7. The molecule has 0 bridgehead atoms. The SMILES string of the molecule is CCCNC(=O)NC(C)C1CCN(c2ncnc3cc(OC)c(OC)cc23)CC1. The van der Waals surface area contributed by atoms with Crippen LogP contribution in [-0.2, 0) is 0 Å². The fourth-order valence-corrected chi connectivity index (χ4v) is 3.85. The van der Waals surface area contributed by atoms with Gasteiger partial charge in [-0.3, -0.25) is 0 Å². The molecule has 2 heterocycles. The normalized spacial score (nSPS) is 15.8. The summed E-state index contributed by atoms with van der Waals surface area (Å²) < 4.78 is 10.8. The number of amides is 2. The van der Waals surface area contributed by atoms with Crippen molar-refractivity contribution in [1.29, 1.82) is 0 Å². The maximum absolute atomic E-state index is 11.9. The van der Waals surface area contributed by atoms with Gasteiger partial charge in [0.05, 0.1) is 19.7 Å². The maximum Gasteiger partial charge on any atom is 0.315 e. The van der Waals surface area contributed by atoms with Crippen LogP contribution in [-0.4, -0.2) is 55.9 Å². The molecule has 158 valence electrons. The Morgan fingerprint density at radius 3 is 2.55 bits per heavy atom. The van der Waals surface area contributed by atoms with Crippen LogP contribution in [0.15, 0.2) is 18.5 Å². The predicted molar refractivity (Wildman–Crippen MR) is 114 cm³/mol. The van der Waals surface area contributed by atoms with Crippen LogP contribution in [0, 0.1) is 5.92 Å². The molecule has 1 saturated heterocycles. The molecular weight excluding hydrogens is 370 g/mol. The molecule has 0 saturated carbocycles. The Morgan fingerprint density at radius 2 is 1.90 bits per heavy atom. The van der Waals surface area contributed by atoms with Crippen molar-refractivity contribution in [2.75, 3.05) is 38.8 Å². The van der Waals surface area contributed by atoms with E-state index in [0.29, 0.717) is 24.0 Å². The minimum Gasteiger partial charge on any atom is -0.493 e. The van der Waals surface area contributed by atoms with Crippen molar-refractivity contribution in [3.63, 3.8) is 0 Å². The van der Waals surface area contributed by atoms with E-state index in [2.05, 4.69) is 32.4 Å². The molecule has 2 N–H and O–H groups in total. The van der Waals surface area contributed by atoms with Gasteiger partial charge < -0.3 is 25.0 Å². The quantitative estimate of drug-likeness (QED) is 0.742. The van der Waals surface area contributed by atoms with Crippen molar-refractivity contribution in [1.82, 2.24) is 20.6 Å². The predicted octanol–water partition coefficient (Wildman–Crippen LogP) is 2.96. The molecule has 1 aliphatic rings. The summed E-state index contributed by atoms with van der Waals surface area (Å²) in [5, 5.41) is 6.90. The number of fused-ring (bicyclic) bond motifs is 1. The van der Waals surface area contributed by atoms with Crippen molar-refractivity contribution in [3.05, 3.63) is 18.5 Å². The van der Waals surface area contributed by atoms with Crippen LogP contribution in [0.4, 0.5) is 10.6 Å². The highest BCUT2D eigenvalue weighted by molar-refractivity contribution is 5.92. The fourth-order valence-electron chi connectivity index (χ4n) is 3.85. The summed E-state index contributed by atoms with van der Waals surface area (Å²) in [6.45, 7) is 6.60. The molecule has 8 heteroatoms. The minimum absolute atomic E-state index is 0.0791. The molecule has 2 aromatic rings. The minimum atomic E-state index is -0.0791. The largest absolute Gasteiger partial charge is 0.493 e. The van der Waals surface area contributed by atoms with Crippen molar-refractivity contribution in [3.8, 4) is 11.5 Å². The summed E-state index contributed by atoms with van der Waals surface area (Å²) in [5.74, 6) is 2.68. The monoisotopic (exact) mass is 401 g/mol. The van der Waals surface area contributed by atoms with Crippen LogP contribution in [0.2, 0.25) is 0 Å². The van der Waals surface area contributed by atoms with E-state index in [1.54, 1.807) is 20.5 Å². The van der Waals surface area contributed by atoms with Crippen LogP contribution >= 0.6 is 0 Å². The second-order valence-corrected chi connectivity index (χ2v) is 7.44. The first-order valence-electron chi connectivity index (χ1n) is 10.2. The van der Waals surface area contributed by atoms with Crippen LogP contribution in [0.25, 0.3) is 10.9 Å². The van der Waals surface area contributed by atoms with Crippen molar-refractivity contribution in [2.45, 2.75) is 39.2 Å². The number of rotatable bonds is 7. The Hall–Kier alpha value is -2.77. The molecule has 1 fully saturated rings. The zero-order chi connectivity index (χ0) is 20.8. The molecule has 2 amide bonds. The number of benzene rings is 1. The third kappa shape index (κ3) is 4.81. The van der Waals surface area contributed by atoms with Crippen LogP contribution < -0.4 is 25.0 Å². The second-order valence-electron chi connectivity index (χ2n) is 7.44. The van der Waals surface area contributed by atoms with Crippen LogP contribution in [0.1, 0.15) is 33.1 Å². The van der Waals surface area contributed by atoms with Gasteiger partial charge in [0.25, 0.3) is 0 Å². The number of aromatic nitrogens is 2. The fraction of sp³-hybridized carbons (Fsp3) is 0.571. The number of hydrogen-bond acceptors (Lipinski definition) is 6. The number of ether oxygens (including phenoxy) is 2. The topological polar surface area (TPSA) is 88.6 Å². The standard InChI is InChI=1S/C21H31N5O3/c1-5-8-22-21(27)25-14(2)15-6-9-26(10-7-15)20-16-11-18(28-3)19(29-4)12-17(16)23-13-24-20/h11-15H,5-10H2,1-4H3,(H2,22,25,27). The van der Waals surface area contributed by atoms with Crippen molar-refractivity contribution < 1.29 is 14.3 Å². The van der Waals surface area contributed by atoms with E-state index < -0.39 is 0 Å². The highest BCUT2D eigenvalue weighted by atomic mass is 16.5. The Morgan fingerprint density at radius 1 is 1.21 bits per heavy atom. The molecule has 1 aliphatic heterocycles. The van der Waals surface area contributed by atoms with E-state index in [1.807, 2.05) is 19.1 Å². The molecule has 1 aromatic carbocycles. The summed E-state index contributed by atoms with van der Waals surface area (Å²) in [7, 11) is 3.25. The Labute approximate surface area is 172 Å². The number of urea groups is 1. The Balaban J connectivity index is 1.69. The van der Waals surface area contributed by atoms with Gasteiger partial charge in [-0.2, -0.15) is 0 Å². The lowest BCUT2D eigenvalue weighted by Gasteiger charge is -2.36. The average molecular weight is 402 g/mol. The number of hydrogen-bond donors (Lipinski definition) is 2. The summed E-state index contributed by atoms with van der Waals surface area (Å²) >= 11 is 0. The molecule has 1 aromatic heterocycles. The lowest BCUT2D eigenvalue weighted by atomic mass is 9.90. The molecule has 29 heavy (non-hydrogen) atoms. The van der Waals surface area contributed by atoms with E-state index in [-0.39, 0.29) is 12.1 Å². The molecule has 8 nitrogen and oxygen atoms in total. The first-order valence-corrected chi connectivity index (χ1v) is 10.2. The number of nitrogens with one attached hydrogen (secondary N) is 2. The van der Waals surface area contributed by atoms with Gasteiger partial charge >= 0.3 is 6.03 Å². The molecular formula is C21H31N5O3. The summed E-state index contributed by atoms with van der Waals surface area (Å²) in [6, 6.07) is 3.88. The smallest absolute Gasteiger partial charge is 0.315 e. The summed E-state index contributed by atoms with van der Waals surface area (Å²) in [4.78, 5) is 23.2. The third-order valence-electron chi connectivity index (χ3n) is 5.56. The van der Waals surface area contributed by atoms with E-state index in [4.69, 9.17) is 9.47 Å². The number of methoxy groups -OCH3 is 2. The highest BCUT2D eigenvalue weighted by Crippen LogP contribution is 2.35.